The van der Waals surface area contributed by atoms with Crippen LogP contribution in [0.3, 0.4) is 0 Å². The largest absolute Gasteiger partial charge is 0.741 e. The van der Waals surface area contributed by atoms with E-state index in [0.29, 0.717) is 0 Å². The third kappa shape index (κ3) is 7.20. The first kappa shape index (κ1) is 26.1. The summed E-state index contributed by atoms with van der Waals surface area (Å²) in [6, 6.07) is 29.4. The number of hydrogen-bond acceptors (Lipinski definition) is 3. The fourth-order valence-electron chi connectivity index (χ4n) is 2.73. The summed E-state index contributed by atoms with van der Waals surface area (Å²) in [5, 5.41) is 0. The molecule has 3 aromatic carbocycles. The maximum Gasteiger partial charge on any atom is 0.485 e. The normalized spacial score (nSPS) is 13.1. The summed E-state index contributed by atoms with van der Waals surface area (Å²) in [7, 11) is -6.09. The van der Waals surface area contributed by atoms with Gasteiger partial charge in [-0.15, -0.1) is 0 Å². The summed E-state index contributed by atoms with van der Waals surface area (Å²) in [4.78, 5) is 0. The molecule has 0 aliphatic heterocycles. The Labute approximate surface area is 191 Å². The van der Waals surface area contributed by atoms with Crippen LogP contribution in [0.25, 0.3) is 0 Å². The number of benzene rings is 3. The average molecular weight is 529 g/mol. The molecule has 3 nitrogen and oxygen atoms in total. The molecular weight excluding hydrogens is 504 g/mol. The molecule has 0 spiro atoms. The summed E-state index contributed by atoms with van der Waals surface area (Å²) in [5.74, 6) is 0. The quantitative estimate of drug-likeness (QED) is 0.294. The minimum atomic E-state index is -6.09. The van der Waals surface area contributed by atoms with Crippen LogP contribution < -0.4 is 13.4 Å². The monoisotopic (exact) mass is 530 g/mol. The van der Waals surface area contributed by atoms with E-state index in [1.807, 2.05) is 0 Å². The van der Waals surface area contributed by atoms with Crippen LogP contribution in [-0.4, -0.2) is 32.4 Å². The molecule has 0 N–H and O–H groups in total. The number of halogens is 3. The summed E-state index contributed by atoms with van der Waals surface area (Å²) in [5.41, 5.74) is -2.73. The second kappa shape index (κ2) is 10.2. The number of hydrogen-bond donors (Lipinski definition) is 0. The van der Waals surface area contributed by atoms with Crippen LogP contribution in [0.4, 0.5) is 13.2 Å². The van der Waals surface area contributed by atoms with Crippen LogP contribution in [0.1, 0.15) is 31.9 Å². The van der Waals surface area contributed by atoms with E-state index in [-0.39, 0.29) is 5.41 Å². The molecule has 32 heavy (non-hydrogen) atoms. The van der Waals surface area contributed by atoms with Crippen molar-refractivity contribution >= 4 is 37.4 Å². The van der Waals surface area contributed by atoms with Crippen LogP contribution in [0.15, 0.2) is 78.9 Å². The molecule has 0 aliphatic carbocycles. The first-order chi connectivity index (χ1) is 14.7. The Morgan fingerprint density at radius 1 is 0.719 bits per heavy atom. The molecule has 8 heteroatoms. The Hall–Kier alpha value is -2.12. The molecule has 0 fully saturated rings. The molecular formula is C24H25F3O3SSe. The van der Waals surface area contributed by atoms with Crippen molar-refractivity contribution in [1.29, 1.82) is 0 Å². The average Bonchev–Trinajstić information content (AvgIpc) is 2.69. The van der Waals surface area contributed by atoms with Crippen molar-refractivity contribution in [3.05, 3.63) is 90.0 Å². The van der Waals surface area contributed by atoms with Crippen molar-refractivity contribution in [3.8, 4) is 0 Å². The second-order valence-electron chi connectivity index (χ2n) is 8.11. The molecule has 1 atom stereocenters. The maximum atomic E-state index is 10.7. The maximum absolute atomic E-state index is 10.7. The first-order valence-corrected chi connectivity index (χ1v) is 13.7. The molecule has 3 rings (SSSR count). The smallest absolute Gasteiger partial charge is 0.485 e. The van der Waals surface area contributed by atoms with Gasteiger partial charge in [-0.25, -0.2) is 8.42 Å². The molecule has 0 saturated heterocycles. The Bertz CT molecular complexity index is 1100. The van der Waals surface area contributed by atoms with E-state index in [9.17, 15) is 13.2 Å². The van der Waals surface area contributed by atoms with Crippen LogP contribution >= 0.6 is 0 Å². The zero-order valence-corrected chi connectivity index (χ0v) is 20.7. The topological polar surface area (TPSA) is 57.2 Å². The standard InChI is InChI=1S/C23H25Se.CHF3O3S/c1-18-10-14-21(15-11-18)24(20-8-6-5-7-9-20)22-16-12-19(13-17-22)23(2,3)4;2-1(3,4)8(5,6)7/h5-17H,1-4H3;(H,5,6,7)/q+1;/p-1. The number of alkyl halides is 3. The summed E-state index contributed by atoms with van der Waals surface area (Å²) >= 11 is -1.24. The van der Waals surface area contributed by atoms with Gasteiger partial charge in [-0.05, 0) is 0 Å². The zero-order chi connectivity index (χ0) is 24.2. The molecule has 0 radical (unpaired) electrons. The van der Waals surface area contributed by atoms with Crippen LogP contribution in [0.5, 0.6) is 0 Å². The van der Waals surface area contributed by atoms with Gasteiger partial charge >= 0.3 is 156 Å². The van der Waals surface area contributed by atoms with Gasteiger partial charge < -0.3 is 4.55 Å². The van der Waals surface area contributed by atoms with E-state index in [0.717, 1.165) is 0 Å². The third-order valence-corrected chi connectivity index (χ3v) is 9.72. The molecule has 0 aromatic heterocycles. The molecule has 0 aliphatic rings. The predicted molar refractivity (Wildman–Crippen MR) is 123 cm³/mol. The van der Waals surface area contributed by atoms with Crippen molar-refractivity contribution in [1.82, 2.24) is 0 Å². The van der Waals surface area contributed by atoms with E-state index < -0.39 is 29.5 Å². The first-order valence-electron chi connectivity index (χ1n) is 9.69. The van der Waals surface area contributed by atoms with Crippen LogP contribution in [-0.2, 0) is 15.5 Å². The summed E-state index contributed by atoms with van der Waals surface area (Å²) in [6.07, 6.45) is 0. The van der Waals surface area contributed by atoms with Gasteiger partial charge in [-0.2, -0.15) is 13.2 Å². The molecule has 0 amide bonds. The van der Waals surface area contributed by atoms with Crippen molar-refractivity contribution in [2.75, 3.05) is 0 Å². The second-order valence-corrected chi connectivity index (χ2v) is 13.7. The van der Waals surface area contributed by atoms with Crippen molar-refractivity contribution in [2.45, 2.75) is 38.6 Å². The summed E-state index contributed by atoms with van der Waals surface area (Å²) in [6.45, 7) is 8.96. The van der Waals surface area contributed by atoms with Gasteiger partial charge in [0, 0.05) is 0 Å². The van der Waals surface area contributed by atoms with Crippen molar-refractivity contribution in [3.63, 3.8) is 0 Å². The summed E-state index contributed by atoms with van der Waals surface area (Å²) < 4.78 is 63.3. The van der Waals surface area contributed by atoms with Crippen LogP contribution in [0, 0.1) is 6.92 Å². The van der Waals surface area contributed by atoms with Crippen molar-refractivity contribution in [2.24, 2.45) is 0 Å². The van der Waals surface area contributed by atoms with Crippen molar-refractivity contribution < 1.29 is 26.1 Å². The molecule has 172 valence electrons. The Kier molecular flexibility index (Phi) is 8.34. The fourth-order valence-corrected chi connectivity index (χ4v) is 7.06. The Morgan fingerprint density at radius 2 is 1.09 bits per heavy atom. The van der Waals surface area contributed by atoms with Gasteiger partial charge in [0.1, 0.15) is 0 Å². The minimum Gasteiger partial charge on any atom is -0.741 e. The van der Waals surface area contributed by atoms with Gasteiger partial charge in [0.15, 0.2) is 10.1 Å². The fraction of sp³-hybridized carbons (Fsp3) is 0.250. The molecule has 0 saturated carbocycles. The third-order valence-electron chi connectivity index (χ3n) is 4.48. The van der Waals surface area contributed by atoms with E-state index in [4.69, 9.17) is 13.0 Å². The van der Waals surface area contributed by atoms with Gasteiger partial charge in [-0.3, -0.25) is 0 Å². The molecule has 0 bridgehead atoms. The van der Waals surface area contributed by atoms with Gasteiger partial charge in [0.2, 0.25) is 0 Å². The van der Waals surface area contributed by atoms with Gasteiger partial charge in [0.05, 0.1) is 0 Å². The Morgan fingerprint density at radius 3 is 1.47 bits per heavy atom. The van der Waals surface area contributed by atoms with E-state index in [1.165, 1.54) is 24.5 Å². The van der Waals surface area contributed by atoms with Crippen LogP contribution in [0.2, 0.25) is 0 Å². The zero-order valence-electron chi connectivity index (χ0n) is 18.2. The molecule has 1 unspecified atom stereocenters. The minimum absolute atomic E-state index is 0.199. The molecule has 0 heterocycles. The van der Waals surface area contributed by atoms with Gasteiger partial charge in [0.25, 0.3) is 0 Å². The SMILES string of the molecule is Cc1ccc([Se+](c2ccccc2)c2ccc(C(C)(C)C)cc2)cc1.O=S(=O)([O-])C(F)(F)F. The Balaban J connectivity index is 0.000000390. The number of rotatable bonds is 3. The van der Waals surface area contributed by atoms with Gasteiger partial charge in [-0.1, -0.05) is 0 Å². The van der Waals surface area contributed by atoms with E-state index in [2.05, 4.69) is 107 Å². The van der Waals surface area contributed by atoms with E-state index in [1.54, 1.807) is 0 Å². The van der Waals surface area contributed by atoms with E-state index >= 15 is 0 Å². The predicted octanol–water partition coefficient (Wildman–Crippen LogP) is 3.86. The number of aryl methyl sites for hydroxylation is 1. The molecule has 3 aromatic rings.